The molecular weight excluding hydrogens is 290 g/mol. The third-order valence-electron chi connectivity index (χ3n) is 3.88. The number of aliphatic carboxylic acids is 1. The van der Waals surface area contributed by atoms with Gasteiger partial charge in [-0.25, -0.2) is 13.1 Å². The topological polar surface area (TPSA) is 83.5 Å². The molecule has 1 fully saturated rings. The molecule has 1 aliphatic carbocycles. The molecule has 21 heavy (non-hydrogen) atoms. The zero-order chi connectivity index (χ0) is 15.3. The second-order valence-electron chi connectivity index (χ2n) is 5.57. The first-order chi connectivity index (χ1) is 9.97. The zero-order valence-corrected chi connectivity index (χ0v) is 12.7. The molecule has 0 spiro atoms. The maximum atomic E-state index is 12.2. The predicted octanol–water partition coefficient (Wildman–Crippen LogP) is 2.17. The average Bonchev–Trinajstić information content (AvgIpc) is 2.46. The number of carboxylic acid groups (broad SMARTS) is 1. The molecule has 1 saturated carbocycles. The predicted molar refractivity (Wildman–Crippen MR) is 79.5 cm³/mol. The van der Waals surface area contributed by atoms with Crippen LogP contribution in [0.3, 0.4) is 0 Å². The average molecular weight is 311 g/mol. The van der Waals surface area contributed by atoms with Crippen LogP contribution in [0.5, 0.6) is 0 Å². The van der Waals surface area contributed by atoms with E-state index in [9.17, 15) is 13.2 Å². The molecule has 6 heteroatoms. The van der Waals surface area contributed by atoms with Crippen molar-refractivity contribution < 1.29 is 18.3 Å². The summed E-state index contributed by atoms with van der Waals surface area (Å²) >= 11 is 0. The van der Waals surface area contributed by atoms with Crippen molar-refractivity contribution in [3.63, 3.8) is 0 Å². The van der Waals surface area contributed by atoms with Gasteiger partial charge in [0.15, 0.2) is 0 Å². The highest BCUT2D eigenvalue weighted by Gasteiger charge is 2.18. The van der Waals surface area contributed by atoms with E-state index in [0.717, 1.165) is 12.8 Å². The van der Waals surface area contributed by atoms with Gasteiger partial charge in [0, 0.05) is 6.54 Å². The standard InChI is InChI=1S/C15H21NO4S/c17-15(18)10-12-6-8-14(9-7-12)21(19,20)16-11-13-4-2-1-3-5-13/h6-9,13,16H,1-5,10-11H2,(H,17,18). The molecule has 5 nitrogen and oxygen atoms in total. The fourth-order valence-electron chi connectivity index (χ4n) is 2.66. The lowest BCUT2D eigenvalue weighted by atomic mass is 9.90. The molecule has 2 rings (SSSR count). The monoisotopic (exact) mass is 311 g/mol. The van der Waals surface area contributed by atoms with Crippen LogP contribution in [0.1, 0.15) is 37.7 Å². The highest BCUT2D eigenvalue weighted by molar-refractivity contribution is 7.89. The lowest BCUT2D eigenvalue weighted by molar-refractivity contribution is -0.136. The molecule has 0 aliphatic heterocycles. The number of benzene rings is 1. The van der Waals surface area contributed by atoms with Gasteiger partial charge in [-0.15, -0.1) is 0 Å². The van der Waals surface area contributed by atoms with Crippen LogP contribution < -0.4 is 4.72 Å². The van der Waals surface area contributed by atoms with Crippen LogP contribution in [0.4, 0.5) is 0 Å². The lowest BCUT2D eigenvalue weighted by Gasteiger charge is -2.21. The first-order valence-electron chi connectivity index (χ1n) is 7.28. The Bertz CT molecular complexity index is 574. The van der Waals surface area contributed by atoms with E-state index in [4.69, 9.17) is 5.11 Å². The molecule has 0 heterocycles. The Balaban J connectivity index is 1.96. The van der Waals surface area contributed by atoms with E-state index in [0.29, 0.717) is 18.0 Å². The number of rotatable bonds is 6. The molecule has 2 N–H and O–H groups in total. The van der Waals surface area contributed by atoms with E-state index >= 15 is 0 Å². The Morgan fingerprint density at radius 1 is 1.14 bits per heavy atom. The van der Waals surface area contributed by atoms with E-state index < -0.39 is 16.0 Å². The third kappa shape index (κ3) is 4.82. The zero-order valence-electron chi connectivity index (χ0n) is 11.9. The van der Waals surface area contributed by atoms with Crippen molar-refractivity contribution in [1.82, 2.24) is 4.72 Å². The van der Waals surface area contributed by atoms with Crippen LogP contribution in [0.25, 0.3) is 0 Å². The molecule has 1 aromatic carbocycles. The summed E-state index contributed by atoms with van der Waals surface area (Å²) in [6.07, 6.45) is 5.66. The SMILES string of the molecule is O=C(O)Cc1ccc(S(=O)(=O)NCC2CCCCC2)cc1. The minimum atomic E-state index is -3.50. The minimum Gasteiger partial charge on any atom is -0.481 e. The molecule has 0 amide bonds. The summed E-state index contributed by atoms with van der Waals surface area (Å²) in [5.41, 5.74) is 0.591. The van der Waals surface area contributed by atoms with Crippen LogP contribution in [0.15, 0.2) is 29.2 Å². The molecule has 0 aromatic heterocycles. The fourth-order valence-corrected chi connectivity index (χ4v) is 3.78. The van der Waals surface area contributed by atoms with E-state index in [2.05, 4.69) is 4.72 Å². The van der Waals surface area contributed by atoms with Crippen LogP contribution in [0, 0.1) is 5.92 Å². The second kappa shape index (κ2) is 7.04. The van der Waals surface area contributed by atoms with Crippen LogP contribution in [-0.2, 0) is 21.2 Å². The lowest BCUT2D eigenvalue weighted by Crippen LogP contribution is -2.30. The van der Waals surface area contributed by atoms with Gasteiger partial charge in [0.1, 0.15) is 0 Å². The number of carboxylic acids is 1. The van der Waals surface area contributed by atoms with E-state index in [-0.39, 0.29) is 11.3 Å². The van der Waals surface area contributed by atoms with Gasteiger partial charge >= 0.3 is 5.97 Å². The third-order valence-corrected chi connectivity index (χ3v) is 5.32. The Labute approximate surface area is 125 Å². The smallest absolute Gasteiger partial charge is 0.307 e. The number of hydrogen-bond donors (Lipinski definition) is 2. The van der Waals surface area contributed by atoms with Gasteiger partial charge in [-0.1, -0.05) is 31.4 Å². The first-order valence-corrected chi connectivity index (χ1v) is 8.76. The van der Waals surface area contributed by atoms with Crippen molar-refractivity contribution in [1.29, 1.82) is 0 Å². The summed E-state index contributed by atoms with van der Waals surface area (Å²) in [5, 5.41) is 8.69. The van der Waals surface area contributed by atoms with E-state index in [1.54, 1.807) is 12.1 Å². The Hall–Kier alpha value is -1.40. The van der Waals surface area contributed by atoms with Crippen molar-refractivity contribution in [3.8, 4) is 0 Å². The van der Waals surface area contributed by atoms with Crippen LogP contribution >= 0.6 is 0 Å². The number of nitrogens with one attached hydrogen (secondary N) is 1. The van der Waals surface area contributed by atoms with Gasteiger partial charge in [-0.3, -0.25) is 4.79 Å². The largest absolute Gasteiger partial charge is 0.481 e. The maximum Gasteiger partial charge on any atom is 0.307 e. The van der Waals surface area contributed by atoms with Gasteiger partial charge in [-0.2, -0.15) is 0 Å². The van der Waals surface area contributed by atoms with Crippen molar-refractivity contribution in [2.75, 3.05) is 6.54 Å². The second-order valence-corrected chi connectivity index (χ2v) is 7.34. The van der Waals surface area contributed by atoms with E-state index in [1.165, 1.54) is 31.4 Å². The Morgan fingerprint density at radius 2 is 1.76 bits per heavy atom. The normalized spacial score (nSPS) is 16.8. The molecule has 0 bridgehead atoms. The van der Waals surface area contributed by atoms with Gasteiger partial charge in [0.25, 0.3) is 0 Å². The number of sulfonamides is 1. The summed E-state index contributed by atoms with van der Waals surface area (Å²) in [7, 11) is -3.50. The first kappa shape index (κ1) is 16.0. The minimum absolute atomic E-state index is 0.101. The highest BCUT2D eigenvalue weighted by atomic mass is 32.2. The summed E-state index contributed by atoms with van der Waals surface area (Å²) in [6.45, 7) is 0.485. The molecule has 1 aromatic rings. The molecule has 0 radical (unpaired) electrons. The molecule has 116 valence electrons. The van der Waals surface area contributed by atoms with Crippen molar-refractivity contribution in [2.24, 2.45) is 5.92 Å². The van der Waals surface area contributed by atoms with Crippen LogP contribution in [0.2, 0.25) is 0 Å². The van der Waals surface area contributed by atoms with Gasteiger partial charge in [0.05, 0.1) is 11.3 Å². The number of hydrogen-bond acceptors (Lipinski definition) is 3. The Kier molecular flexibility index (Phi) is 5.36. The molecule has 0 saturated heterocycles. The van der Waals surface area contributed by atoms with E-state index in [1.807, 2.05) is 0 Å². The van der Waals surface area contributed by atoms with Gasteiger partial charge in [-0.05, 0) is 36.5 Å². The van der Waals surface area contributed by atoms with Crippen LogP contribution in [-0.4, -0.2) is 26.0 Å². The summed E-state index contributed by atoms with van der Waals surface area (Å²) in [5.74, 6) is -0.499. The quantitative estimate of drug-likeness (QED) is 0.843. The Morgan fingerprint density at radius 3 is 2.33 bits per heavy atom. The highest BCUT2D eigenvalue weighted by Crippen LogP contribution is 2.23. The summed E-state index contributed by atoms with van der Waals surface area (Å²) in [4.78, 5) is 10.8. The maximum absolute atomic E-state index is 12.2. The van der Waals surface area contributed by atoms with Gasteiger partial charge in [0.2, 0.25) is 10.0 Å². The molecule has 0 atom stereocenters. The van der Waals surface area contributed by atoms with Crippen molar-refractivity contribution in [2.45, 2.75) is 43.4 Å². The molecule has 0 unspecified atom stereocenters. The summed E-state index contributed by atoms with van der Waals surface area (Å²) < 4.78 is 27.0. The van der Waals surface area contributed by atoms with Crippen molar-refractivity contribution >= 4 is 16.0 Å². The molecule has 1 aliphatic rings. The number of carbonyl (C=O) groups is 1. The molecular formula is C15H21NO4S. The van der Waals surface area contributed by atoms with Gasteiger partial charge < -0.3 is 5.11 Å². The van der Waals surface area contributed by atoms with Crippen molar-refractivity contribution in [3.05, 3.63) is 29.8 Å². The fraction of sp³-hybridized carbons (Fsp3) is 0.533. The summed E-state index contributed by atoms with van der Waals surface area (Å²) in [6, 6.07) is 6.01.